The summed E-state index contributed by atoms with van der Waals surface area (Å²) in [5, 5.41) is 1.35. The Morgan fingerprint density at radius 2 is 1.36 bits per heavy atom. The Morgan fingerprint density at radius 3 is 1.96 bits per heavy atom. The molecule has 0 atom stereocenters. The Hall–Kier alpha value is -2.57. The molecule has 0 bridgehead atoms. The maximum Gasteiger partial charge on any atom is 0.197 e. The van der Waals surface area contributed by atoms with Crippen molar-refractivity contribution >= 4 is 21.8 Å². The largest absolute Gasteiger partial charge is 0.492 e. The van der Waals surface area contributed by atoms with E-state index in [2.05, 4.69) is 9.80 Å². The fourth-order valence-electron chi connectivity index (χ4n) is 3.12. The lowest BCUT2D eigenvalue weighted by molar-refractivity contribution is 0.261. The Morgan fingerprint density at radius 1 is 0.786 bits per heavy atom. The first-order valence-corrected chi connectivity index (χ1v) is 9.48. The molecule has 150 valence electrons. The minimum atomic E-state index is 0.0148. The molecule has 0 saturated carbocycles. The Kier molecular flexibility index (Phi) is 6.21. The molecule has 0 radical (unpaired) electrons. The summed E-state index contributed by atoms with van der Waals surface area (Å²) in [6.07, 6.45) is 0. The molecule has 0 amide bonds. The van der Waals surface area contributed by atoms with Gasteiger partial charge in [0.1, 0.15) is 24.7 Å². The molecule has 3 rings (SSSR count). The Labute approximate surface area is 165 Å². The zero-order chi connectivity index (χ0) is 20.3. The van der Waals surface area contributed by atoms with Gasteiger partial charge < -0.3 is 23.8 Å². The number of likely N-dealkylation sites (N-methyl/N-ethyl adjacent to an activating group) is 2. The van der Waals surface area contributed by atoms with E-state index in [1.807, 2.05) is 76.2 Å². The molecule has 6 nitrogen and oxygen atoms in total. The van der Waals surface area contributed by atoms with Gasteiger partial charge >= 0.3 is 0 Å². The number of pyridine rings is 1. The number of fused-ring (bicyclic) bond motifs is 2. The van der Waals surface area contributed by atoms with Gasteiger partial charge in [0, 0.05) is 37.0 Å². The smallest absolute Gasteiger partial charge is 0.197 e. The van der Waals surface area contributed by atoms with Crippen molar-refractivity contribution in [1.82, 2.24) is 14.4 Å². The first kappa shape index (κ1) is 20.2. The van der Waals surface area contributed by atoms with Crippen molar-refractivity contribution in [2.45, 2.75) is 0 Å². The van der Waals surface area contributed by atoms with Gasteiger partial charge in [-0.1, -0.05) is 0 Å². The van der Waals surface area contributed by atoms with E-state index in [-0.39, 0.29) is 5.43 Å². The number of hydrogen-bond acceptors (Lipinski definition) is 5. The summed E-state index contributed by atoms with van der Waals surface area (Å²) in [5.41, 5.74) is 1.75. The first-order chi connectivity index (χ1) is 13.4. The van der Waals surface area contributed by atoms with Crippen LogP contribution in [0.3, 0.4) is 0 Å². The molecule has 6 heteroatoms. The highest BCUT2D eigenvalue weighted by atomic mass is 16.5. The monoisotopic (exact) mass is 383 g/mol. The lowest BCUT2D eigenvalue weighted by Crippen LogP contribution is -2.19. The third-order valence-electron chi connectivity index (χ3n) is 4.76. The molecular weight excluding hydrogens is 354 g/mol. The van der Waals surface area contributed by atoms with Crippen LogP contribution in [0, 0.1) is 0 Å². The standard InChI is InChI=1S/C22H29N3O3/c1-23(2)10-12-27-16-7-9-20-19(14-16)22(26)18-8-6-17(15-21(18)25(20)5)28-13-11-24(3)4/h6-9,14-15H,10-13H2,1-5H3. The molecule has 0 aliphatic heterocycles. The van der Waals surface area contributed by atoms with E-state index >= 15 is 0 Å². The second kappa shape index (κ2) is 8.63. The van der Waals surface area contributed by atoms with Crippen molar-refractivity contribution in [3.8, 4) is 11.5 Å². The zero-order valence-corrected chi connectivity index (χ0v) is 17.4. The van der Waals surface area contributed by atoms with Gasteiger partial charge in [-0.3, -0.25) is 4.79 Å². The van der Waals surface area contributed by atoms with E-state index in [1.165, 1.54) is 0 Å². The Bertz CT molecular complexity index is 1020. The molecule has 0 fully saturated rings. The van der Waals surface area contributed by atoms with Crippen molar-refractivity contribution in [3.05, 3.63) is 46.6 Å². The predicted octanol–water partition coefficient (Wildman–Crippen LogP) is 2.57. The number of nitrogens with zero attached hydrogens (tertiary/aromatic N) is 3. The van der Waals surface area contributed by atoms with Crippen LogP contribution in [0.25, 0.3) is 21.8 Å². The lowest BCUT2D eigenvalue weighted by Gasteiger charge is -2.15. The molecule has 0 spiro atoms. The Balaban J connectivity index is 1.95. The third kappa shape index (κ3) is 4.46. The number of hydrogen-bond donors (Lipinski definition) is 0. The molecule has 0 N–H and O–H groups in total. The second-order valence-electron chi connectivity index (χ2n) is 7.55. The molecule has 1 heterocycles. The summed E-state index contributed by atoms with van der Waals surface area (Å²) >= 11 is 0. The molecule has 0 aliphatic carbocycles. The fraction of sp³-hybridized carbons (Fsp3) is 0.409. The quantitative estimate of drug-likeness (QED) is 0.560. The molecule has 0 saturated heterocycles. The maximum absolute atomic E-state index is 13.1. The molecular formula is C22H29N3O3. The number of aryl methyl sites for hydroxylation is 1. The van der Waals surface area contributed by atoms with Gasteiger partial charge in [0.25, 0.3) is 0 Å². The van der Waals surface area contributed by atoms with Crippen molar-refractivity contribution in [1.29, 1.82) is 0 Å². The second-order valence-corrected chi connectivity index (χ2v) is 7.55. The first-order valence-electron chi connectivity index (χ1n) is 9.48. The molecule has 0 unspecified atom stereocenters. The highest BCUT2D eigenvalue weighted by Gasteiger charge is 2.11. The summed E-state index contributed by atoms with van der Waals surface area (Å²) in [6, 6.07) is 11.4. The van der Waals surface area contributed by atoms with E-state index < -0.39 is 0 Å². The van der Waals surface area contributed by atoms with E-state index in [1.54, 1.807) is 0 Å². The van der Waals surface area contributed by atoms with Crippen molar-refractivity contribution in [3.63, 3.8) is 0 Å². The summed E-state index contributed by atoms with van der Waals surface area (Å²) in [6.45, 7) is 2.85. The van der Waals surface area contributed by atoms with E-state index in [9.17, 15) is 4.79 Å². The average Bonchev–Trinajstić information content (AvgIpc) is 2.65. The van der Waals surface area contributed by atoms with Crippen LogP contribution in [0.15, 0.2) is 41.2 Å². The summed E-state index contributed by atoms with van der Waals surface area (Å²) in [5.74, 6) is 1.49. The lowest BCUT2D eigenvalue weighted by atomic mass is 10.1. The summed E-state index contributed by atoms with van der Waals surface area (Å²) in [7, 11) is 10.0. The van der Waals surface area contributed by atoms with Crippen molar-refractivity contribution in [2.24, 2.45) is 7.05 Å². The molecule has 3 aromatic rings. The predicted molar refractivity (Wildman–Crippen MR) is 115 cm³/mol. The third-order valence-corrected chi connectivity index (χ3v) is 4.76. The van der Waals surface area contributed by atoms with Crippen LogP contribution in [0.2, 0.25) is 0 Å². The minimum absolute atomic E-state index is 0.0148. The van der Waals surface area contributed by atoms with Gasteiger partial charge in [0.05, 0.1) is 11.0 Å². The van der Waals surface area contributed by atoms with Gasteiger partial charge in [-0.05, 0) is 58.5 Å². The SMILES string of the molecule is CN(C)CCOc1ccc2c(c1)c(=O)c1ccc(OCCN(C)C)cc1n2C. The summed E-state index contributed by atoms with van der Waals surface area (Å²) in [4.78, 5) is 17.2. The van der Waals surface area contributed by atoms with Gasteiger partial charge in [0.15, 0.2) is 5.43 Å². The minimum Gasteiger partial charge on any atom is -0.492 e. The number of ether oxygens (including phenoxy) is 2. The molecule has 1 aromatic heterocycles. The zero-order valence-electron chi connectivity index (χ0n) is 17.4. The van der Waals surface area contributed by atoms with Crippen LogP contribution >= 0.6 is 0 Å². The highest BCUT2D eigenvalue weighted by Crippen LogP contribution is 2.25. The van der Waals surface area contributed by atoms with Crippen LogP contribution in [-0.2, 0) is 7.05 Å². The van der Waals surface area contributed by atoms with Crippen LogP contribution in [0.1, 0.15) is 0 Å². The molecule has 2 aromatic carbocycles. The topological polar surface area (TPSA) is 46.9 Å². The van der Waals surface area contributed by atoms with Crippen molar-refractivity contribution < 1.29 is 9.47 Å². The van der Waals surface area contributed by atoms with Crippen LogP contribution in [0.5, 0.6) is 11.5 Å². The number of aromatic nitrogens is 1. The molecule has 0 aliphatic rings. The van der Waals surface area contributed by atoms with Gasteiger partial charge in [-0.2, -0.15) is 0 Å². The average molecular weight is 383 g/mol. The van der Waals surface area contributed by atoms with Gasteiger partial charge in [0.2, 0.25) is 0 Å². The fourth-order valence-corrected chi connectivity index (χ4v) is 3.12. The van der Waals surface area contributed by atoms with E-state index in [0.29, 0.717) is 24.0 Å². The normalized spacial score (nSPS) is 11.7. The van der Waals surface area contributed by atoms with Gasteiger partial charge in [-0.25, -0.2) is 0 Å². The van der Waals surface area contributed by atoms with Crippen LogP contribution in [-0.4, -0.2) is 68.9 Å². The van der Waals surface area contributed by atoms with Crippen molar-refractivity contribution in [2.75, 3.05) is 54.5 Å². The summed E-state index contributed by atoms with van der Waals surface area (Å²) < 4.78 is 13.7. The molecule has 28 heavy (non-hydrogen) atoms. The number of rotatable bonds is 8. The van der Waals surface area contributed by atoms with Crippen LogP contribution < -0.4 is 14.9 Å². The van der Waals surface area contributed by atoms with E-state index in [4.69, 9.17) is 9.47 Å². The number of benzene rings is 2. The maximum atomic E-state index is 13.1. The highest BCUT2D eigenvalue weighted by molar-refractivity contribution is 5.94. The van der Waals surface area contributed by atoms with Crippen LogP contribution in [0.4, 0.5) is 0 Å². The van der Waals surface area contributed by atoms with E-state index in [0.717, 1.165) is 35.6 Å². The van der Waals surface area contributed by atoms with Gasteiger partial charge in [-0.15, -0.1) is 0 Å².